The largest absolute Gasteiger partial charge is 0.493 e. The second-order valence-electron chi connectivity index (χ2n) is 7.96. The minimum absolute atomic E-state index is 0.146. The summed E-state index contributed by atoms with van der Waals surface area (Å²) in [6.45, 7) is 0. The summed E-state index contributed by atoms with van der Waals surface area (Å²) in [6.07, 6.45) is 3.53. The molecule has 1 N–H and O–H groups in total. The Morgan fingerprint density at radius 3 is 3.09 bits per heavy atom. The molecule has 2 bridgehead atoms. The summed E-state index contributed by atoms with van der Waals surface area (Å²) >= 11 is 0. The van der Waals surface area contributed by atoms with Gasteiger partial charge in [-0.25, -0.2) is 0 Å². The number of carbonyl (C=O) groups excluding carboxylic acids is 1. The zero-order valence-corrected chi connectivity index (χ0v) is 12.5. The van der Waals surface area contributed by atoms with Crippen LogP contribution in [0, 0.1) is 11.3 Å². The second kappa shape index (κ2) is 3.07. The Morgan fingerprint density at radius 1 is 1.41 bits per heavy atom. The third kappa shape index (κ3) is 0.913. The normalized spacial score (nSPS) is 48.5. The zero-order chi connectivity index (χ0) is 14.9. The number of ketones is 1. The first-order chi connectivity index (χ1) is 10.6. The predicted molar refractivity (Wildman–Crippen MR) is 77.1 cm³/mol. The minimum Gasteiger partial charge on any atom is -0.493 e. The van der Waals surface area contributed by atoms with Crippen LogP contribution in [0.1, 0.15) is 36.8 Å². The van der Waals surface area contributed by atoms with Crippen LogP contribution in [0.4, 0.5) is 0 Å². The van der Waals surface area contributed by atoms with Crippen molar-refractivity contribution in [2.75, 3.05) is 7.11 Å². The number of fused-ring (bicyclic) bond motifs is 1. The van der Waals surface area contributed by atoms with Gasteiger partial charge in [-0.05, 0) is 48.6 Å². The Hall–Kier alpha value is -1.55. The molecular formula is C18H18O4. The molecule has 1 heterocycles. The molecule has 1 aromatic rings. The molecule has 3 fully saturated rings. The molecule has 5 atom stereocenters. The van der Waals surface area contributed by atoms with E-state index in [0.717, 1.165) is 30.6 Å². The lowest BCUT2D eigenvalue weighted by molar-refractivity contribution is -0.149. The number of rotatable bonds is 1. The van der Waals surface area contributed by atoms with Crippen LogP contribution in [0.5, 0.6) is 11.5 Å². The van der Waals surface area contributed by atoms with Gasteiger partial charge in [-0.15, -0.1) is 0 Å². The fourth-order valence-electron chi connectivity index (χ4n) is 6.55. The standard InChI is InChI=1S/C18H18O4/c1-21-11-3-2-9-6-16-7-12(16)18(20)5-4-10(19)15-17(18,8-16)13(9)14(11)22-15/h2-3,12,15,20H,4-8H2,1H3/t12-,15+,16?,17?,18?/m1/s1. The average molecular weight is 298 g/mol. The average Bonchev–Trinajstić information content (AvgIpc) is 3.01. The van der Waals surface area contributed by atoms with Gasteiger partial charge in [-0.2, -0.15) is 0 Å². The predicted octanol–water partition coefficient (Wildman–Crippen LogP) is 1.75. The molecule has 0 radical (unpaired) electrons. The molecule has 1 aliphatic heterocycles. The van der Waals surface area contributed by atoms with Gasteiger partial charge in [-0.1, -0.05) is 6.07 Å². The first-order valence-corrected chi connectivity index (χ1v) is 8.18. The summed E-state index contributed by atoms with van der Waals surface area (Å²) in [5.74, 6) is 1.89. The lowest BCUT2D eigenvalue weighted by atomic mass is 9.55. The van der Waals surface area contributed by atoms with Crippen LogP contribution in [-0.4, -0.2) is 29.7 Å². The van der Waals surface area contributed by atoms with Crippen LogP contribution in [0.15, 0.2) is 12.1 Å². The lowest BCUT2D eigenvalue weighted by Crippen LogP contribution is -2.62. The number of benzene rings is 1. The summed E-state index contributed by atoms with van der Waals surface area (Å²) in [7, 11) is 1.63. The van der Waals surface area contributed by atoms with Crippen molar-refractivity contribution in [1.29, 1.82) is 0 Å². The molecule has 1 aromatic carbocycles. The monoisotopic (exact) mass is 298 g/mol. The Kier molecular flexibility index (Phi) is 1.67. The maximum absolute atomic E-state index is 12.6. The van der Waals surface area contributed by atoms with Crippen LogP contribution in [-0.2, 0) is 16.6 Å². The minimum atomic E-state index is -0.769. The number of carbonyl (C=O) groups is 1. The highest BCUT2D eigenvalue weighted by Crippen LogP contribution is 2.82. The smallest absolute Gasteiger partial charge is 0.174 e. The van der Waals surface area contributed by atoms with E-state index in [2.05, 4.69) is 6.07 Å². The van der Waals surface area contributed by atoms with Crippen molar-refractivity contribution in [3.8, 4) is 11.5 Å². The molecule has 4 nitrogen and oxygen atoms in total. The molecule has 3 saturated carbocycles. The molecule has 4 heteroatoms. The molecule has 114 valence electrons. The number of methoxy groups -OCH3 is 1. The molecule has 22 heavy (non-hydrogen) atoms. The van der Waals surface area contributed by atoms with Crippen LogP contribution >= 0.6 is 0 Å². The summed E-state index contributed by atoms with van der Waals surface area (Å²) in [5, 5.41) is 11.6. The van der Waals surface area contributed by atoms with Gasteiger partial charge in [0.2, 0.25) is 0 Å². The Bertz CT molecular complexity index is 771. The van der Waals surface area contributed by atoms with Gasteiger partial charge in [0.1, 0.15) is 0 Å². The molecular weight excluding hydrogens is 280 g/mol. The van der Waals surface area contributed by atoms with Crippen molar-refractivity contribution >= 4 is 5.78 Å². The first kappa shape index (κ1) is 11.9. The quantitative estimate of drug-likeness (QED) is 0.858. The SMILES string of the molecule is COc1ccc2c3c1O[C@H]1C(=O)CCC4(O)[C@@H]5CC5(C2)CC314. The maximum atomic E-state index is 12.6. The van der Waals surface area contributed by atoms with Crippen molar-refractivity contribution in [3.63, 3.8) is 0 Å². The van der Waals surface area contributed by atoms with Gasteiger partial charge >= 0.3 is 0 Å². The molecule has 0 amide bonds. The molecule has 6 rings (SSSR count). The molecule has 3 unspecified atom stereocenters. The second-order valence-corrected chi connectivity index (χ2v) is 7.96. The molecule has 4 aliphatic carbocycles. The van der Waals surface area contributed by atoms with E-state index in [1.165, 1.54) is 5.56 Å². The van der Waals surface area contributed by atoms with Crippen LogP contribution < -0.4 is 9.47 Å². The van der Waals surface area contributed by atoms with E-state index in [4.69, 9.17) is 9.47 Å². The van der Waals surface area contributed by atoms with E-state index in [1.54, 1.807) is 7.11 Å². The topological polar surface area (TPSA) is 55.8 Å². The number of hydrogen-bond acceptors (Lipinski definition) is 4. The van der Waals surface area contributed by atoms with Crippen molar-refractivity contribution < 1.29 is 19.4 Å². The summed E-state index contributed by atoms with van der Waals surface area (Å²) < 4.78 is 11.6. The highest BCUT2D eigenvalue weighted by Gasteiger charge is 2.85. The highest BCUT2D eigenvalue weighted by atomic mass is 16.5. The van der Waals surface area contributed by atoms with Gasteiger partial charge < -0.3 is 14.6 Å². The van der Waals surface area contributed by atoms with Crippen molar-refractivity contribution in [2.24, 2.45) is 11.3 Å². The van der Waals surface area contributed by atoms with Crippen LogP contribution in [0.25, 0.3) is 0 Å². The lowest BCUT2D eigenvalue weighted by Gasteiger charge is -2.49. The zero-order valence-electron chi connectivity index (χ0n) is 12.5. The van der Waals surface area contributed by atoms with E-state index in [0.29, 0.717) is 24.5 Å². The van der Waals surface area contributed by atoms with E-state index >= 15 is 0 Å². The fourth-order valence-corrected chi connectivity index (χ4v) is 6.55. The van der Waals surface area contributed by atoms with E-state index in [-0.39, 0.29) is 11.2 Å². The number of Topliss-reactive ketones (excluding diaryl/α,β-unsaturated/α-hetero) is 1. The Balaban J connectivity index is 1.73. The maximum Gasteiger partial charge on any atom is 0.174 e. The van der Waals surface area contributed by atoms with Crippen molar-refractivity contribution in [1.82, 2.24) is 0 Å². The Morgan fingerprint density at radius 2 is 2.27 bits per heavy atom. The van der Waals surface area contributed by atoms with Gasteiger partial charge in [0.15, 0.2) is 23.4 Å². The van der Waals surface area contributed by atoms with Gasteiger partial charge in [-0.3, -0.25) is 4.79 Å². The number of aliphatic hydroxyl groups is 1. The summed E-state index contributed by atoms with van der Waals surface area (Å²) in [4.78, 5) is 12.6. The highest BCUT2D eigenvalue weighted by molar-refractivity contribution is 5.90. The first-order valence-electron chi connectivity index (χ1n) is 8.18. The van der Waals surface area contributed by atoms with Gasteiger partial charge in [0.05, 0.1) is 18.1 Å². The number of hydrogen-bond donors (Lipinski definition) is 1. The third-order valence-electron chi connectivity index (χ3n) is 7.31. The molecule has 0 saturated heterocycles. The number of ether oxygens (including phenoxy) is 2. The van der Waals surface area contributed by atoms with E-state index < -0.39 is 17.1 Å². The molecule has 0 aromatic heterocycles. The fraction of sp³-hybridized carbons (Fsp3) is 0.611. The van der Waals surface area contributed by atoms with Gasteiger partial charge in [0, 0.05) is 12.0 Å². The van der Waals surface area contributed by atoms with Crippen LogP contribution in [0.2, 0.25) is 0 Å². The summed E-state index contributed by atoms with van der Waals surface area (Å²) in [5.41, 5.74) is 1.28. The van der Waals surface area contributed by atoms with E-state index in [9.17, 15) is 9.90 Å². The molecule has 2 spiro atoms. The van der Waals surface area contributed by atoms with Crippen LogP contribution in [0.3, 0.4) is 0 Å². The van der Waals surface area contributed by atoms with E-state index in [1.807, 2.05) is 6.07 Å². The van der Waals surface area contributed by atoms with Crippen molar-refractivity contribution in [2.45, 2.75) is 49.2 Å². The van der Waals surface area contributed by atoms with Crippen molar-refractivity contribution in [3.05, 3.63) is 23.3 Å². The third-order valence-corrected chi connectivity index (χ3v) is 7.31. The Labute approximate surface area is 128 Å². The summed E-state index contributed by atoms with van der Waals surface area (Å²) in [6, 6.07) is 4.07. The van der Waals surface area contributed by atoms with Gasteiger partial charge in [0.25, 0.3) is 0 Å². The molecule has 5 aliphatic rings.